The molecule has 0 bridgehead atoms. The summed E-state index contributed by atoms with van der Waals surface area (Å²) in [5.74, 6) is -0.180. The third kappa shape index (κ3) is 2.22. The number of hydrogen-bond donors (Lipinski definition) is 1. The first-order chi connectivity index (χ1) is 9.69. The first kappa shape index (κ1) is 12.9. The number of benzene rings is 1. The molecule has 0 radical (unpaired) electrons. The number of nitrogens with two attached hydrogens (primary N) is 1. The van der Waals surface area contributed by atoms with Crippen molar-refractivity contribution >= 4 is 17.0 Å². The number of likely N-dealkylation sites (tertiary alicyclic amines) is 1. The maximum absolute atomic E-state index is 12.3. The lowest BCUT2D eigenvalue weighted by molar-refractivity contribution is -0.130. The van der Waals surface area contributed by atoms with Crippen molar-refractivity contribution in [1.29, 1.82) is 0 Å². The van der Waals surface area contributed by atoms with E-state index in [0.717, 1.165) is 6.42 Å². The lowest BCUT2D eigenvalue weighted by Crippen LogP contribution is -2.34. The normalized spacial score (nSPS) is 18.9. The maximum atomic E-state index is 12.3. The lowest BCUT2D eigenvalue weighted by Gasteiger charge is -2.16. The summed E-state index contributed by atoms with van der Waals surface area (Å²) in [6.07, 6.45) is 0.934. The molecule has 1 aromatic heterocycles. The molecule has 1 aliphatic heterocycles. The number of carbonyl (C=O) groups is 1. The number of amides is 1. The Balaban J connectivity index is 1.81. The zero-order valence-corrected chi connectivity index (χ0v) is 11.1. The number of aromatic nitrogens is 1. The van der Waals surface area contributed by atoms with Crippen LogP contribution in [0.5, 0.6) is 0 Å². The highest BCUT2D eigenvalue weighted by molar-refractivity contribution is 5.79. The van der Waals surface area contributed by atoms with E-state index < -0.39 is 5.76 Å². The molecule has 1 aromatic carbocycles. The van der Waals surface area contributed by atoms with Crippen molar-refractivity contribution in [3.8, 4) is 0 Å². The third-order valence-electron chi connectivity index (χ3n) is 3.84. The molecule has 106 valence electrons. The van der Waals surface area contributed by atoms with Crippen molar-refractivity contribution in [3.63, 3.8) is 0 Å². The van der Waals surface area contributed by atoms with E-state index in [2.05, 4.69) is 0 Å². The van der Waals surface area contributed by atoms with Gasteiger partial charge in [0.05, 0.1) is 5.52 Å². The first-order valence-electron chi connectivity index (χ1n) is 6.75. The van der Waals surface area contributed by atoms with Gasteiger partial charge in [-0.3, -0.25) is 9.36 Å². The Bertz CT molecular complexity index is 688. The molecular weight excluding hydrogens is 258 g/mol. The van der Waals surface area contributed by atoms with Crippen molar-refractivity contribution in [2.75, 3.05) is 19.6 Å². The van der Waals surface area contributed by atoms with Gasteiger partial charge in [0.25, 0.3) is 0 Å². The minimum absolute atomic E-state index is 0.0210. The Morgan fingerprint density at radius 1 is 1.40 bits per heavy atom. The monoisotopic (exact) mass is 275 g/mol. The SMILES string of the molecule is NCC1CCN(C(=O)Cn2c(=O)oc3ccccc32)C1. The second-order valence-electron chi connectivity index (χ2n) is 5.15. The molecule has 0 aliphatic carbocycles. The van der Waals surface area contributed by atoms with Crippen molar-refractivity contribution in [3.05, 3.63) is 34.8 Å². The van der Waals surface area contributed by atoms with E-state index >= 15 is 0 Å². The molecule has 3 rings (SSSR count). The summed E-state index contributed by atoms with van der Waals surface area (Å²) in [6, 6.07) is 7.11. The molecule has 1 fully saturated rings. The van der Waals surface area contributed by atoms with Crippen LogP contribution in [-0.4, -0.2) is 35.0 Å². The van der Waals surface area contributed by atoms with Crippen LogP contribution >= 0.6 is 0 Å². The van der Waals surface area contributed by atoms with Gasteiger partial charge in [0.15, 0.2) is 5.58 Å². The van der Waals surface area contributed by atoms with Gasteiger partial charge in [-0.05, 0) is 31.0 Å². The average Bonchev–Trinajstić information content (AvgIpc) is 3.04. The molecule has 1 aliphatic rings. The number of fused-ring (bicyclic) bond motifs is 1. The van der Waals surface area contributed by atoms with E-state index in [1.54, 1.807) is 23.1 Å². The van der Waals surface area contributed by atoms with Crippen LogP contribution in [0.15, 0.2) is 33.5 Å². The molecule has 2 aromatic rings. The van der Waals surface area contributed by atoms with Crippen LogP contribution in [0.2, 0.25) is 0 Å². The minimum atomic E-state index is -0.492. The summed E-state index contributed by atoms with van der Waals surface area (Å²) in [7, 11) is 0. The number of rotatable bonds is 3. The van der Waals surface area contributed by atoms with E-state index in [-0.39, 0.29) is 12.5 Å². The van der Waals surface area contributed by atoms with E-state index in [1.807, 2.05) is 6.07 Å². The van der Waals surface area contributed by atoms with Gasteiger partial charge in [0.1, 0.15) is 6.54 Å². The Labute approximate surface area is 115 Å². The molecule has 6 heteroatoms. The molecule has 1 atom stereocenters. The predicted octanol–water partition coefficient (Wildman–Crippen LogP) is 0.402. The Hall–Kier alpha value is -2.08. The van der Waals surface area contributed by atoms with Crippen LogP contribution in [0.4, 0.5) is 0 Å². The minimum Gasteiger partial charge on any atom is -0.408 e. The van der Waals surface area contributed by atoms with Gasteiger partial charge in [0.2, 0.25) is 5.91 Å². The van der Waals surface area contributed by atoms with Gasteiger partial charge in [0, 0.05) is 13.1 Å². The summed E-state index contributed by atoms with van der Waals surface area (Å²) >= 11 is 0. The van der Waals surface area contributed by atoms with Crippen molar-refractivity contribution in [2.45, 2.75) is 13.0 Å². The highest BCUT2D eigenvalue weighted by Gasteiger charge is 2.26. The van der Waals surface area contributed by atoms with Crippen LogP contribution in [0.3, 0.4) is 0 Å². The number of nitrogens with zero attached hydrogens (tertiary/aromatic N) is 2. The number of para-hydroxylation sites is 2. The smallest absolute Gasteiger partial charge is 0.408 e. The van der Waals surface area contributed by atoms with Gasteiger partial charge in [-0.15, -0.1) is 0 Å². The molecule has 1 unspecified atom stereocenters. The van der Waals surface area contributed by atoms with Gasteiger partial charge < -0.3 is 15.1 Å². The van der Waals surface area contributed by atoms with Crippen LogP contribution in [-0.2, 0) is 11.3 Å². The Morgan fingerprint density at radius 3 is 2.95 bits per heavy atom. The highest BCUT2D eigenvalue weighted by atomic mass is 16.4. The number of carbonyl (C=O) groups excluding carboxylic acids is 1. The molecule has 1 saturated heterocycles. The van der Waals surface area contributed by atoms with E-state index in [0.29, 0.717) is 36.7 Å². The lowest BCUT2D eigenvalue weighted by atomic mass is 10.1. The van der Waals surface area contributed by atoms with Crippen LogP contribution in [0.1, 0.15) is 6.42 Å². The molecule has 6 nitrogen and oxygen atoms in total. The third-order valence-corrected chi connectivity index (χ3v) is 3.84. The molecular formula is C14H17N3O3. The molecule has 1 amide bonds. The maximum Gasteiger partial charge on any atom is 0.420 e. The highest BCUT2D eigenvalue weighted by Crippen LogP contribution is 2.16. The van der Waals surface area contributed by atoms with E-state index in [4.69, 9.17) is 10.2 Å². The van der Waals surface area contributed by atoms with E-state index in [9.17, 15) is 9.59 Å². The average molecular weight is 275 g/mol. The number of oxazole rings is 1. The second kappa shape index (κ2) is 5.13. The topological polar surface area (TPSA) is 81.5 Å². The zero-order valence-electron chi connectivity index (χ0n) is 11.1. The van der Waals surface area contributed by atoms with Gasteiger partial charge in [-0.1, -0.05) is 12.1 Å². The molecule has 2 N–H and O–H groups in total. The summed E-state index contributed by atoms with van der Waals surface area (Å²) in [4.78, 5) is 25.8. The van der Waals surface area contributed by atoms with Crippen LogP contribution in [0, 0.1) is 5.92 Å². The molecule has 20 heavy (non-hydrogen) atoms. The number of hydrogen-bond acceptors (Lipinski definition) is 4. The van der Waals surface area contributed by atoms with Gasteiger partial charge in [-0.25, -0.2) is 4.79 Å². The Kier molecular flexibility index (Phi) is 3.31. The summed E-state index contributed by atoms with van der Waals surface area (Å²) < 4.78 is 6.50. The Morgan fingerprint density at radius 2 is 2.20 bits per heavy atom. The quantitative estimate of drug-likeness (QED) is 0.879. The van der Waals surface area contributed by atoms with Crippen molar-refractivity contribution < 1.29 is 9.21 Å². The van der Waals surface area contributed by atoms with Crippen LogP contribution in [0.25, 0.3) is 11.1 Å². The van der Waals surface area contributed by atoms with Crippen molar-refractivity contribution in [2.24, 2.45) is 11.7 Å². The fourth-order valence-electron chi connectivity index (χ4n) is 2.65. The zero-order chi connectivity index (χ0) is 14.1. The first-order valence-corrected chi connectivity index (χ1v) is 6.75. The molecule has 0 saturated carbocycles. The van der Waals surface area contributed by atoms with Crippen LogP contribution < -0.4 is 11.5 Å². The molecule has 2 heterocycles. The predicted molar refractivity (Wildman–Crippen MR) is 74.2 cm³/mol. The van der Waals surface area contributed by atoms with E-state index in [1.165, 1.54) is 4.57 Å². The summed E-state index contributed by atoms with van der Waals surface area (Å²) in [5.41, 5.74) is 6.78. The van der Waals surface area contributed by atoms with Crippen molar-refractivity contribution in [1.82, 2.24) is 9.47 Å². The second-order valence-corrected chi connectivity index (χ2v) is 5.15. The summed E-state index contributed by atoms with van der Waals surface area (Å²) in [5, 5.41) is 0. The summed E-state index contributed by atoms with van der Waals surface area (Å²) in [6.45, 7) is 2.01. The standard InChI is InChI=1S/C14H17N3O3/c15-7-10-5-6-16(8-10)13(18)9-17-11-3-1-2-4-12(11)20-14(17)19/h1-4,10H,5-9,15H2. The van der Waals surface area contributed by atoms with Gasteiger partial charge in [-0.2, -0.15) is 0 Å². The van der Waals surface area contributed by atoms with Gasteiger partial charge >= 0.3 is 5.76 Å². The molecule has 0 spiro atoms. The largest absolute Gasteiger partial charge is 0.420 e. The fourth-order valence-corrected chi connectivity index (χ4v) is 2.65. The fraction of sp³-hybridized carbons (Fsp3) is 0.429.